The van der Waals surface area contributed by atoms with E-state index in [0.29, 0.717) is 18.4 Å². The lowest BCUT2D eigenvalue weighted by molar-refractivity contribution is 0.198. The molecule has 0 spiro atoms. The molecule has 3 nitrogen and oxygen atoms in total. The zero-order valence-electron chi connectivity index (χ0n) is 17.0. The second-order valence-electron chi connectivity index (χ2n) is 8.88. The maximum atomic E-state index is 9.55. The Labute approximate surface area is 168 Å². The van der Waals surface area contributed by atoms with Crippen LogP contribution in [0.5, 0.6) is 5.75 Å². The van der Waals surface area contributed by atoms with E-state index in [1.54, 1.807) is 0 Å². The maximum absolute atomic E-state index is 9.55. The first-order valence-electron chi connectivity index (χ1n) is 10.8. The number of benzene rings is 2. The van der Waals surface area contributed by atoms with Crippen molar-refractivity contribution in [3.8, 4) is 5.75 Å². The van der Waals surface area contributed by atoms with Crippen LogP contribution in [0.15, 0.2) is 42.5 Å². The van der Waals surface area contributed by atoms with E-state index in [9.17, 15) is 5.11 Å². The number of aryl methyl sites for hydroxylation is 1. The quantitative estimate of drug-likeness (QED) is 0.783. The summed E-state index contributed by atoms with van der Waals surface area (Å²) in [5.74, 6) is 2.19. The Morgan fingerprint density at radius 1 is 1.14 bits per heavy atom. The second kappa shape index (κ2) is 8.26. The van der Waals surface area contributed by atoms with Crippen molar-refractivity contribution in [3.05, 3.63) is 64.7 Å². The van der Waals surface area contributed by atoms with Crippen LogP contribution >= 0.6 is 0 Å². The number of hydrogen-bond donors (Lipinski definition) is 2. The predicted molar refractivity (Wildman–Crippen MR) is 114 cm³/mol. The fraction of sp³-hybridized carbons (Fsp3) is 0.520. The molecule has 2 aliphatic carbocycles. The number of fused-ring (bicyclic) bond motifs is 1. The van der Waals surface area contributed by atoms with Gasteiger partial charge in [0.05, 0.1) is 13.2 Å². The van der Waals surface area contributed by atoms with Crippen LogP contribution in [0.25, 0.3) is 0 Å². The third-order valence-corrected chi connectivity index (χ3v) is 6.72. The summed E-state index contributed by atoms with van der Waals surface area (Å²) in [4.78, 5) is 0. The average molecular weight is 380 g/mol. The van der Waals surface area contributed by atoms with Gasteiger partial charge in [-0.05, 0) is 98.1 Å². The lowest BCUT2D eigenvalue weighted by Gasteiger charge is -2.26. The normalized spacial score (nSPS) is 26.8. The third kappa shape index (κ3) is 4.26. The molecule has 2 aromatic rings. The number of rotatable bonds is 6. The molecule has 1 fully saturated rings. The fourth-order valence-corrected chi connectivity index (χ4v) is 5.13. The van der Waals surface area contributed by atoms with Gasteiger partial charge in [0.1, 0.15) is 5.75 Å². The van der Waals surface area contributed by atoms with Crippen molar-refractivity contribution in [1.29, 1.82) is 0 Å². The molecule has 0 radical (unpaired) electrons. The summed E-state index contributed by atoms with van der Waals surface area (Å²) in [6, 6.07) is 15.7. The van der Waals surface area contributed by atoms with Gasteiger partial charge in [-0.1, -0.05) is 30.3 Å². The van der Waals surface area contributed by atoms with Gasteiger partial charge < -0.3 is 15.6 Å². The van der Waals surface area contributed by atoms with Crippen molar-refractivity contribution in [2.45, 2.75) is 63.3 Å². The van der Waals surface area contributed by atoms with Crippen LogP contribution in [-0.2, 0) is 19.3 Å². The molecule has 0 heterocycles. The summed E-state index contributed by atoms with van der Waals surface area (Å²) < 4.78 is 5.65. The van der Waals surface area contributed by atoms with Gasteiger partial charge in [0.15, 0.2) is 0 Å². The summed E-state index contributed by atoms with van der Waals surface area (Å²) in [6.45, 7) is 2.84. The molecule has 28 heavy (non-hydrogen) atoms. The molecule has 1 saturated carbocycles. The topological polar surface area (TPSA) is 55.5 Å². The van der Waals surface area contributed by atoms with Crippen molar-refractivity contribution >= 4 is 0 Å². The first-order chi connectivity index (χ1) is 13.6. The monoisotopic (exact) mass is 379 g/mol. The number of nitrogens with two attached hydrogens (primary N) is 1. The van der Waals surface area contributed by atoms with E-state index < -0.39 is 0 Å². The van der Waals surface area contributed by atoms with E-state index in [1.165, 1.54) is 35.1 Å². The highest BCUT2D eigenvalue weighted by Gasteiger charge is 2.36. The van der Waals surface area contributed by atoms with Crippen LogP contribution in [0, 0.1) is 5.92 Å². The molecule has 0 saturated heterocycles. The molecule has 0 aliphatic heterocycles. The summed E-state index contributed by atoms with van der Waals surface area (Å²) >= 11 is 0. The van der Waals surface area contributed by atoms with Crippen LogP contribution in [0.3, 0.4) is 0 Å². The highest BCUT2D eigenvalue weighted by atomic mass is 16.5. The standard InChI is InChI=1S/C25H33NO2/c1-2-28-24-5-3-4-18(14-24)12-19-6-7-21-15-22(9-8-20(21)13-19)23-10-11-25(26,16-23)17-27/h3-5,8-9,14-15,19,23,27H,2,6-7,10-13,16-17,26H2,1H3/t19-,23-,25+/m0/s1. The van der Waals surface area contributed by atoms with Gasteiger partial charge in [0.25, 0.3) is 0 Å². The van der Waals surface area contributed by atoms with Crippen molar-refractivity contribution < 1.29 is 9.84 Å². The van der Waals surface area contributed by atoms with E-state index >= 15 is 0 Å². The summed E-state index contributed by atoms with van der Waals surface area (Å²) in [5, 5.41) is 9.55. The summed E-state index contributed by atoms with van der Waals surface area (Å²) in [7, 11) is 0. The minimum atomic E-state index is -0.373. The predicted octanol–water partition coefficient (Wildman–Crippen LogP) is 4.39. The maximum Gasteiger partial charge on any atom is 0.119 e. The van der Waals surface area contributed by atoms with Gasteiger partial charge in [-0.3, -0.25) is 0 Å². The van der Waals surface area contributed by atoms with E-state index in [4.69, 9.17) is 10.5 Å². The van der Waals surface area contributed by atoms with Crippen molar-refractivity contribution in [1.82, 2.24) is 0 Å². The van der Waals surface area contributed by atoms with Gasteiger partial charge in [-0.2, -0.15) is 0 Å². The first kappa shape index (κ1) is 19.5. The van der Waals surface area contributed by atoms with E-state index in [0.717, 1.165) is 37.9 Å². The van der Waals surface area contributed by atoms with Gasteiger partial charge >= 0.3 is 0 Å². The number of aliphatic hydroxyl groups is 1. The highest BCUT2D eigenvalue weighted by Crippen LogP contribution is 2.40. The zero-order valence-corrected chi connectivity index (χ0v) is 17.0. The summed E-state index contributed by atoms with van der Waals surface area (Å²) in [6.07, 6.45) is 7.62. The van der Waals surface area contributed by atoms with E-state index in [2.05, 4.69) is 36.4 Å². The molecular weight excluding hydrogens is 346 g/mol. The third-order valence-electron chi connectivity index (χ3n) is 6.72. The fourth-order valence-electron chi connectivity index (χ4n) is 5.13. The van der Waals surface area contributed by atoms with E-state index in [-0.39, 0.29) is 12.1 Å². The Kier molecular flexibility index (Phi) is 5.75. The highest BCUT2D eigenvalue weighted by molar-refractivity contribution is 5.37. The van der Waals surface area contributed by atoms with Crippen molar-refractivity contribution in [3.63, 3.8) is 0 Å². The van der Waals surface area contributed by atoms with Gasteiger partial charge in [-0.25, -0.2) is 0 Å². The lowest BCUT2D eigenvalue weighted by Crippen LogP contribution is -2.40. The largest absolute Gasteiger partial charge is 0.494 e. The van der Waals surface area contributed by atoms with Gasteiger partial charge in [0.2, 0.25) is 0 Å². The minimum Gasteiger partial charge on any atom is -0.494 e. The molecule has 0 unspecified atom stereocenters. The van der Waals surface area contributed by atoms with E-state index in [1.807, 2.05) is 13.0 Å². The Hall–Kier alpha value is -1.84. The number of ether oxygens (including phenoxy) is 1. The molecule has 150 valence electrons. The van der Waals surface area contributed by atoms with Crippen LogP contribution in [-0.4, -0.2) is 23.9 Å². The van der Waals surface area contributed by atoms with Gasteiger partial charge in [-0.15, -0.1) is 0 Å². The molecular formula is C25H33NO2. The molecule has 3 N–H and O–H groups in total. The van der Waals surface area contributed by atoms with Crippen LogP contribution < -0.4 is 10.5 Å². The lowest BCUT2D eigenvalue weighted by atomic mass is 9.79. The molecule has 0 bridgehead atoms. The van der Waals surface area contributed by atoms with Crippen molar-refractivity contribution in [2.24, 2.45) is 11.7 Å². The Bertz CT molecular complexity index is 818. The minimum absolute atomic E-state index is 0.0978. The molecule has 0 aromatic heterocycles. The number of aliphatic hydroxyl groups excluding tert-OH is 1. The average Bonchev–Trinajstić information content (AvgIpc) is 3.11. The molecule has 0 amide bonds. The molecule has 2 aromatic carbocycles. The Morgan fingerprint density at radius 2 is 2.04 bits per heavy atom. The van der Waals surface area contributed by atoms with Crippen LogP contribution in [0.2, 0.25) is 0 Å². The molecule has 4 rings (SSSR count). The molecule has 2 aliphatic rings. The smallest absolute Gasteiger partial charge is 0.119 e. The van der Waals surface area contributed by atoms with Crippen LogP contribution in [0.1, 0.15) is 60.8 Å². The molecule has 3 atom stereocenters. The van der Waals surface area contributed by atoms with Gasteiger partial charge in [0, 0.05) is 5.54 Å². The molecule has 3 heteroatoms. The van der Waals surface area contributed by atoms with Crippen molar-refractivity contribution in [2.75, 3.05) is 13.2 Å². The van der Waals surface area contributed by atoms with Crippen LogP contribution in [0.4, 0.5) is 0 Å². The first-order valence-corrected chi connectivity index (χ1v) is 10.8. The zero-order chi connectivity index (χ0) is 19.6. The summed E-state index contributed by atoms with van der Waals surface area (Å²) in [5.41, 5.74) is 11.7. The SMILES string of the molecule is CCOc1cccc(C[C@@H]2CCc3cc([C@H]4CC[C@](N)(CO)C4)ccc3C2)c1. The second-order valence-corrected chi connectivity index (χ2v) is 8.88. The number of hydrogen-bond acceptors (Lipinski definition) is 3. The Balaban J connectivity index is 1.42. The Morgan fingerprint density at radius 3 is 2.82 bits per heavy atom.